The second kappa shape index (κ2) is 47.7. The van der Waals surface area contributed by atoms with E-state index in [0.29, 0.717) is 6.42 Å². The van der Waals surface area contributed by atoms with Crippen LogP contribution in [-0.4, -0.2) is 47.8 Å². The number of unbranched alkanes of at least 4 members (excludes halogenated alkanes) is 27. The molecule has 0 rings (SSSR count). The van der Waals surface area contributed by atoms with E-state index >= 15 is 0 Å². The van der Waals surface area contributed by atoms with Gasteiger partial charge in [-0.2, -0.15) is 0 Å². The minimum atomic E-state index is -4.35. The van der Waals surface area contributed by atoms with Crippen LogP contribution >= 0.6 is 7.82 Å². The van der Waals surface area contributed by atoms with Crippen LogP contribution in [0.5, 0.6) is 0 Å². The first-order chi connectivity index (χ1) is 29.9. The van der Waals surface area contributed by atoms with E-state index in [1.54, 1.807) is 6.08 Å². The van der Waals surface area contributed by atoms with Gasteiger partial charge in [0.2, 0.25) is 5.91 Å². The lowest BCUT2D eigenvalue weighted by Gasteiger charge is -2.23. The van der Waals surface area contributed by atoms with Crippen LogP contribution in [0.2, 0.25) is 0 Å². The van der Waals surface area contributed by atoms with Gasteiger partial charge >= 0.3 is 7.82 Å². The van der Waals surface area contributed by atoms with E-state index in [-0.39, 0.29) is 25.7 Å². The fraction of sp³-hybridized carbons (Fsp3) is 0.788. The molecular formula is C52H97N2O6P. The Morgan fingerprint density at radius 1 is 0.557 bits per heavy atom. The van der Waals surface area contributed by atoms with Crippen molar-refractivity contribution in [3.8, 4) is 0 Å². The fourth-order valence-electron chi connectivity index (χ4n) is 7.30. The van der Waals surface area contributed by atoms with Gasteiger partial charge in [-0.05, 0) is 57.8 Å². The summed E-state index contributed by atoms with van der Waals surface area (Å²) in [5.41, 5.74) is 5.39. The van der Waals surface area contributed by atoms with Crippen molar-refractivity contribution in [2.24, 2.45) is 5.73 Å². The van der Waals surface area contributed by atoms with E-state index in [0.717, 1.165) is 70.6 Å². The van der Waals surface area contributed by atoms with Crippen LogP contribution in [0.1, 0.15) is 232 Å². The molecule has 0 aromatic heterocycles. The Kier molecular flexibility index (Phi) is 46.3. The van der Waals surface area contributed by atoms with Gasteiger partial charge in [-0.15, -0.1) is 0 Å². The standard InChI is InChI=1S/C52H97N2O6P/c1-3-5-7-9-11-13-15-17-19-21-23-25-27-29-31-33-35-37-39-41-43-45-51(55)50(49-60-61(57,58)59-48-47-53)54-52(56)46-44-42-40-38-36-34-32-30-28-26-24-22-20-18-16-14-12-10-8-6-4-2/h6,8,12,14,18,20,24,26,43,45,50-51,55H,3-5,7,9-11,13,15-17,19,21-23,25,27-42,44,46-49,53H2,1-2H3,(H,54,56)(H,57,58)/b8-6-,14-12-,20-18-,26-24-,45-43+. The molecule has 5 N–H and O–H groups in total. The molecule has 3 atom stereocenters. The molecule has 1 amide bonds. The lowest BCUT2D eigenvalue weighted by atomic mass is 10.0. The molecular weight excluding hydrogens is 780 g/mol. The number of hydrogen-bond donors (Lipinski definition) is 4. The average Bonchev–Trinajstić information content (AvgIpc) is 3.25. The first-order valence-corrected chi connectivity index (χ1v) is 26.9. The molecule has 0 heterocycles. The minimum absolute atomic E-state index is 0.0750. The first-order valence-electron chi connectivity index (χ1n) is 25.4. The highest BCUT2D eigenvalue weighted by atomic mass is 31.2. The Balaban J connectivity index is 4.13. The Bertz CT molecular complexity index is 1140. The van der Waals surface area contributed by atoms with Crippen LogP contribution in [0.3, 0.4) is 0 Å². The molecule has 3 unspecified atom stereocenters. The summed E-state index contributed by atoms with van der Waals surface area (Å²) < 4.78 is 22.2. The summed E-state index contributed by atoms with van der Waals surface area (Å²) in [6.45, 7) is 4.04. The number of rotatable bonds is 47. The van der Waals surface area contributed by atoms with Crippen molar-refractivity contribution in [3.05, 3.63) is 60.8 Å². The van der Waals surface area contributed by atoms with E-state index in [4.69, 9.17) is 14.8 Å². The van der Waals surface area contributed by atoms with Gasteiger partial charge in [0.1, 0.15) is 0 Å². The van der Waals surface area contributed by atoms with Crippen molar-refractivity contribution >= 4 is 13.7 Å². The van der Waals surface area contributed by atoms with E-state index in [9.17, 15) is 19.4 Å². The van der Waals surface area contributed by atoms with Gasteiger partial charge in [0.15, 0.2) is 0 Å². The van der Waals surface area contributed by atoms with Gasteiger partial charge in [-0.1, -0.05) is 229 Å². The van der Waals surface area contributed by atoms with Crippen molar-refractivity contribution in [2.45, 2.75) is 244 Å². The van der Waals surface area contributed by atoms with Gasteiger partial charge in [0.25, 0.3) is 0 Å². The molecule has 0 aliphatic heterocycles. The number of amides is 1. The van der Waals surface area contributed by atoms with E-state index < -0.39 is 20.0 Å². The maximum atomic E-state index is 12.8. The van der Waals surface area contributed by atoms with Crippen molar-refractivity contribution < 1.29 is 28.4 Å². The number of hydrogen-bond acceptors (Lipinski definition) is 6. The maximum absolute atomic E-state index is 12.8. The van der Waals surface area contributed by atoms with E-state index in [1.807, 2.05) is 6.08 Å². The largest absolute Gasteiger partial charge is 0.472 e. The second-order valence-corrected chi connectivity index (χ2v) is 18.5. The lowest BCUT2D eigenvalue weighted by molar-refractivity contribution is -0.123. The fourth-order valence-corrected chi connectivity index (χ4v) is 8.06. The highest BCUT2D eigenvalue weighted by Crippen LogP contribution is 2.43. The second-order valence-electron chi connectivity index (χ2n) is 17.0. The zero-order valence-corrected chi connectivity index (χ0v) is 40.5. The van der Waals surface area contributed by atoms with Crippen LogP contribution in [-0.2, 0) is 18.4 Å². The zero-order chi connectivity index (χ0) is 44.6. The summed E-state index contributed by atoms with van der Waals surface area (Å²) in [4.78, 5) is 22.8. The summed E-state index contributed by atoms with van der Waals surface area (Å²) in [7, 11) is -4.35. The van der Waals surface area contributed by atoms with Crippen LogP contribution in [0.25, 0.3) is 0 Å². The van der Waals surface area contributed by atoms with Crippen LogP contribution in [0, 0.1) is 0 Å². The van der Waals surface area contributed by atoms with Gasteiger partial charge in [-0.3, -0.25) is 13.8 Å². The molecule has 8 nitrogen and oxygen atoms in total. The van der Waals surface area contributed by atoms with Crippen molar-refractivity contribution in [2.75, 3.05) is 19.8 Å². The van der Waals surface area contributed by atoms with Crippen molar-refractivity contribution in [1.82, 2.24) is 5.32 Å². The van der Waals surface area contributed by atoms with Gasteiger partial charge < -0.3 is 21.1 Å². The maximum Gasteiger partial charge on any atom is 0.472 e. The normalized spacial score (nSPS) is 14.4. The molecule has 61 heavy (non-hydrogen) atoms. The summed E-state index contributed by atoms with van der Waals surface area (Å²) >= 11 is 0. The topological polar surface area (TPSA) is 131 Å². The third-order valence-corrected chi connectivity index (χ3v) is 12.1. The molecule has 9 heteroatoms. The zero-order valence-electron chi connectivity index (χ0n) is 39.6. The van der Waals surface area contributed by atoms with Crippen LogP contribution < -0.4 is 11.1 Å². The average molecular weight is 877 g/mol. The first kappa shape index (κ1) is 59.2. The Labute approximate surface area is 376 Å². The van der Waals surface area contributed by atoms with Crippen molar-refractivity contribution in [1.29, 1.82) is 0 Å². The predicted octanol–water partition coefficient (Wildman–Crippen LogP) is 15.0. The Morgan fingerprint density at radius 3 is 1.39 bits per heavy atom. The number of nitrogens with one attached hydrogen (secondary N) is 1. The predicted molar refractivity (Wildman–Crippen MR) is 263 cm³/mol. The van der Waals surface area contributed by atoms with Gasteiger partial charge in [-0.25, -0.2) is 4.57 Å². The molecule has 0 bridgehead atoms. The lowest BCUT2D eigenvalue weighted by Crippen LogP contribution is -2.45. The van der Waals surface area contributed by atoms with Crippen LogP contribution in [0.4, 0.5) is 0 Å². The minimum Gasteiger partial charge on any atom is -0.387 e. The molecule has 0 saturated heterocycles. The monoisotopic (exact) mass is 877 g/mol. The summed E-state index contributed by atoms with van der Waals surface area (Å²) in [6.07, 6.45) is 61.4. The van der Waals surface area contributed by atoms with Crippen molar-refractivity contribution in [3.63, 3.8) is 0 Å². The Morgan fingerprint density at radius 2 is 0.951 bits per heavy atom. The number of carbonyl (C=O) groups excluding carboxylic acids is 1. The molecule has 0 aliphatic carbocycles. The Hall–Kier alpha value is -1.80. The quantitative estimate of drug-likeness (QED) is 0.0272. The number of aliphatic hydroxyl groups excluding tert-OH is 1. The molecule has 0 aromatic carbocycles. The summed E-state index contributed by atoms with van der Waals surface area (Å²) in [6, 6.07) is -0.868. The molecule has 0 fully saturated rings. The van der Waals surface area contributed by atoms with Gasteiger partial charge in [0.05, 0.1) is 25.4 Å². The molecule has 0 saturated carbocycles. The molecule has 0 aliphatic rings. The summed E-state index contributed by atoms with van der Waals surface area (Å²) in [5, 5.41) is 13.7. The van der Waals surface area contributed by atoms with Crippen LogP contribution in [0.15, 0.2) is 60.8 Å². The molecule has 0 spiro atoms. The third kappa shape index (κ3) is 46.0. The highest BCUT2D eigenvalue weighted by Gasteiger charge is 2.26. The number of aliphatic hydroxyl groups is 1. The summed E-state index contributed by atoms with van der Waals surface area (Å²) in [5.74, 6) is -0.202. The number of phosphoric acid groups is 1. The SMILES string of the molecule is CC/C=C\C/C=C\C/C=C\C/C=C\CCCCCCCCCCC(=O)NC(COP(=O)(O)OCCN)C(O)/C=C/CCCCCCCCCCCCCCCCCCCCC. The van der Waals surface area contributed by atoms with E-state index in [2.05, 4.69) is 67.8 Å². The van der Waals surface area contributed by atoms with E-state index in [1.165, 1.54) is 141 Å². The number of phosphoric ester groups is 1. The molecule has 0 aromatic rings. The smallest absolute Gasteiger partial charge is 0.387 e. The number of nitrogens with two attached hydrogens (primary N) is 1. The molecule has 356 valence electrons. The molecule has 0 radical (unpaired) electrons. The number of allylic oxidation sites excluding steroid dienone is 9. The van der Waals surface area contributed by atoms with Gasteiger partial charge in [0, 0.05) is 13.0 Å². The third-order valence-electron chi connectivity index (χ3n) is 11.1. The number of carbonyl (C=O) groups is 1. The highest BCUT2D eigenvalue weighted by molar-refractivity contribution is 7.47.